The van der Waals surface area contributed by atoms with Gasteiger partial charge in [-0.25, -0.2) is 0 Å². The number of rotatable bonds is 3. The van der Waals surface area contributed by atoms with Crippen molar-refractivity contribution in [1.29, 1.82) is 0 Å². The lowest BCUT2D eigenvalue weighted by Crippen LogP contribution is -2.20. The summed E-state index contributed by atoms with van der Waals surface area (Å²) in [6, 6.07) is 7.33. The minimum Gasteiger partial charge on any atom is -0.368 e. The maximum Gasteiger partial charge on any atom is 0.257 e. The van der Waals surface area contributed by atoms with Gasteiger partial charge in [0.25, 0.3) is 5.91 Å². The van der Waals surface area contributed by atoms with E-state index in [0.717, 1.165) is 24.5 Å². The van der Waals surface area contributed by atoms with Crippen LogP contribution in [0.25, 0.3) is 0 Å². The number of aliphatic imine (C=N–C) groups is 1. The summed E-state index contributed by atoms with van der Waals surface area (Å²) in [4.78, 5) is 14.5. The van der Waals surface area contributed by atoms with E-state index < -0.39 is 10.7 Å². The molecule has 1 aliphatic heterocycles. The van der Waals surface area contributed by atoms with E-state index in [1.807, 2.05) is 12.1 Å². The van der Waals surface area contributed by atoms with E-state index in [0.29, 0.717) is 5.69 Å². The largest absolute Gasteiger partial charge is 0.368 e. The van der Waals surface area contributed by atoms with E-state index in [1.54, 1.807) is 12.1 Å². The van der Waals surface area contributed by atoms with Crippen molar-refractivity contribution in [2.24, 2.45) is 4.99 Å². The summed E-state index contributed by atoms with van der Waals surface area (Å²) >= 11 is 10.9. The molecule has 2 rings (SSSR count). The van der Waals surface area contributed by atoms with Crippen LogP contribution in [0.3, 0.4) is 0 Å². The minimum atomic E-state index is -1.06. The topological polar surface area (TPSA) is 53.5 Å². The third kappa shape index (κ3) is 3.11. The fourth-order valence-corrected chi connectivity index (χ4v) is 1.61. The van der Waals surface area contributed by atoms with Crippen LogP contribution in [0, 0.1) is 0 Å². The van der Waals surface area contributed by atoms with Gasteiger partial charge in [0, 0.05) is 17.8 Å². The normalized spacial score (nSPS) is 14.4. The van der Waals surface area contributed by atoms with Gasteiger partial charge in [-0.3, -0.25) is 9.79 Å². The van der Waals surface area contributed by atoms with Crippen LogP contribution >= 0.6 is 23.2 Å². The molecule has 1 amide bonds. The number of nitrogens with one attached hydrogen (secondary N) is 2. The summed E-state index contributed by atoms with van der Waals surface area (Å²) in [5.74, 6) is 0.452. The number of alkyl halides is 2. The Morgan fingerprint density at radius 2 is 2.06 bits per heavy atom. The molecule has 4 nitrogen and oxygen atoms in total. The Bertz CT molecular complexity index is 443. The molecule has 0 spiro atoms. The number of carbonyl (C=O) groups excluding carboxylic acids is 1. The van der Waals surface area contributed by atoms with Crippen molar-refractivity contribution < 1.29 is 4.79 Å². The number of benzene rings is 1. The summed E-state index contributed by atoms with van der Waals surface area (Å²) < 4.78 is 0. The number of hydrogen-bond donors (Lipinski definition) is 2. The maximum absolute atomic E-state index is 11.2. The van der Waals surface area contributed by atoms with Gasteiger partial charge in [-0.2, -0.15) is 0 Å². The molecule has 1 heterocycles. The highest BCUT2D eigenvalue weighted by molar-refractivity contribution is 6.54. The summed E-state index contributed by atoms with van der Waals surface area (Å²) in [7, 11) is 0. The van der Waals surface area contributed by atoms with Crippen molar-refractivity contribution >= 4 is 40.6 Å². The molecule has 90 valence electrons. The molecular formula is C11H11Cl2N3O. The Morgan fingerprint density at radius 1 is 1.35 bits per heavy atom. The first kappa shape index (κ1) is 12.2. The number of amidine groups is 1. The second kappa shape index (κ2) is 5.38. The SMILES string of the molecule is O=C(Nc1ccc(C2=NCCN2)cc1)C(Cl)Cl. The Labute approximate surface area is 109 Å². The van der Waals surface area contributed by atoms with E-state index in [9.17, 15) is 4.79 Å². The Morgan fingerprint density at radius 3 is 2.59 bits per heavy atom. The van der Waals surface area contributed by atoms with E-state index >= 15 is 0 Å². The molecule has 17 heavy (non-hydrogen) atoms. The first-order valence-electron chi connectivity index (χ1n) is 5.14. The fraction of sp³-hybridized carbons (Fsp3) is 0.273. The highest BCUT2D eigenvalue weighted by Crippen LogP contribution is 2.13. The number of amides is 1. The van der Waals surface area contributed by atoms with Crippen LogP contribution in [0.15, 0.2) is 29.3 Å². The Hall–Kier alpha value is -1.26. The molecule has 0 saturated heterocycles. The maximum atomic E-state index is 11.2. The highest BCUT2D eigenvalue weighted by Gasteiger charge is 2.12. The average molecular weight is 272 g/mol. The molecule has 2 N–H and O–H groups in total. The van der Waals surface area contributed by atoms with Crippen molar-refractivity contribution in [3.8, 4) is 0 Å². The van der Waals surface area contributed by atoms with Gasteiger partial charge < -0.3 is 10.6 Å². The molecule has 0 radical (unpaired) electrons. The van der Waals surface area contributed by atoms with E-state index in [1.165, 1.54) is 0 Å². The predicted molar refractivity (Wildman–Crippen MR) is 70.0 cm³/mol. The summed E-state index contributed by atoms with van der Waals surface area (Å²) in [5.41, 5.74) is 1.65. The van der Waals surface area contributed by atoms with Gasteiger partial charge in [-0.05, 0) is 24.3 Å². The van der Waals surface area contributed by atoms with Gasteiger partial charge in [-0.1, -0.05) is 23.2 Å². The van der Waals surface area contributed by atoms with Crippen LogP contribution < -0.4 is 10.6 Å². The number of carbonyl (C=O) groups is 1. The summed E-state index contributed by atoms with van der Waals surface area (Å²) in [6.07, 6.45) is 0. The Balaban J connectivity index is 2.05. The molecule has 0 atom stereocenters. The van der Waals surface area contributed by atoms with Gasteiger partial charge in [-0.15, -0.1) is 0 Å². The lowest BCUT2D eigenvalue weighted by Gasteiger charge is -2.07. The highest BCUT2D eigenvalue weighted by atomic mass is 35.5. The quantitative estimate of drug-likeness (QED) is 0.824. The molecule has 0 bridgehead atoms. The van der Waals surface area contributed by atoms with Gasteiger partial charge in [0.15, 0.2) is 4.84 Å². The molecule has 0 aliphatic carbocycles. The van der Waals surface area contributed by atoms with Crippen molar-refractivity contribution in [2.45, 2.75) is 4.84 Å². The van der Waals surface area contributed by atoms with Crippen LogP contribution in [0.4, 0.5) is 5.69 Å². The predicted octanol–water partition coefficient (Wildman–Crippen LogP) is 1.78. The molecular weight excluding hydrogens is 261 g/mol. The zero-order chi connectivity index (χ0) is 12.3. The standard InChI is InChI=1S/C11H11Cl2N3O/c12-9(13)11(17)16-8-3-1-7(2-4-8)10-14-5-6-15-10/h1-4,9H,5-6H2,(H,14,15)(H,16,17). The summed E-state index contributed by atoms with van der Waals surface area (Å²) in [5, 5.41) is 5.77. The number of nitrogens with zero attached hydrogens (tertiary/aromatic N) is 1. The smallest absolute Gasteiger partial charge is 0.257 e. The first-order valence-corrected chi connectivity index (χ1v) is 6.02. The van der Waals surface area contributed by atoms with Crippen LogP contribution in [0.2, 0.25) is 0 Å². The number of anilines is 1. The second-order valence-corrected chi connectivity index (χ2v) is 4.62. The van der Waals surface area contributed by atoms with Gasteiger partial charge >= 0.3 is 0 Å². The van der Waals surface area contributed by atoms with Crippen molar-refractivity contribution in [2.75, 3.05) is 18.4 Å². The van der Waals surface area contributed by atoms with E-state index in [-0.39, 0.29) is 0 Å². The monoisotopic (exact) mass is 271 g/mol. The lowest BCUT2D eigenvalue weighted by atomic mass is 10.2. The van der Waals surface area contributed by atoms with E-state index in [2.05, 4.69) is 15.6 Å². The molecule has 1 aromatic carbocycles. The number of hydrogen-bond acceptors (Lipinski definition) is 3. The first-order chi connectivity index (χ1) is 8.16. The molecule has 1 aliphatic rings. The zero-order valence-electron chi connectivity index (χ0n) is 8.91. The average Bonchev–Trinajstić information content (AvgIpc) is 2.83. The van der Waals surface area contributed by atoms with Gasteiger partial charge in [0.1, 0.15) is 5.84 Å². The molecule has 0 fully saturated rings. The molecule has 1 aromatic rings. The molecule has 6 heteroatoms. The molecule has 0 aromatic heterocycles. The van der Waals surface area contributed by atoms with Crippen molar-refractivity contribution in [3.63, 3.8) is 0 Å². The minimum absolute atomic E-state index is 0.433. The van der Waals surface area contributed by atoms with Crippen molar-refractivity contribution in [3.05, 3.63) is 29.8 Å². The Kier molecular flexibility index (Phi) is 3.86. The third-order valence-corrected chi connectivity index (χ3v) is 2.69. The van der Waals surface area contributed by atoms with Crippen LogP contribution in [0.1, 0.15) is 5.56 Å². The van der Waals surface area contributed by atoms with Crippen LogP contribution in [0.5, 0.6) is 0 Å². The second-order valence-electron chi connectivity index (χ2n) is 3.52. The van der Waals surface area contributed by atoms with Gasteiger partial charge in [0.2, 0.25) is 0 Å². The number of halogens is 2. The molecule has 0 saturated carbocycles. The van der Waals surface area contributed by atoms with Gasteiger partial charge in [0.05, 0.1) is 6.54 Å². The van der Waals surface area contributed by atoms with Crippen LogP contribution in [-0.2, 0) is 4.79 Å². The summed E-state index contributed by atoms with van der Waals surface area (Å²) in [6.45, 7) is 1.67. The van der Waals surface area contributed by atoms with Crippen molar-refractivity contribution in [1.82, 2.24) is 5.32 Å². The zero-order valence-corrected chi connectivity index (χ0v) is 10.4. The third-order valence-electron chi connectivity index (χ3n) is 2.30. The lowest BCUT2D eigenvalue weighted by molar-refractivity contribution is -0.114. The molecule has 0 unspecified atom stereocenters. The van der Waals surface area contributed by atoms with Crippen LogP contribution in [-0.4, -0.2) is 29.7 Å². The fourth-order valence-electron chi connectivity index (χ4n) is 1.50. The van der Waals surface area contributed by atoms with E-state index in [4.69, 9.17) is 23.2 Å².